The Balaban J connectivity index is 1.19. The van der Waals surface area contributed by atoms with Crippen molar-refractivity contribution < 1.29 is 9.59 Å². The van der Waals surface area contributed by atoms with E-state index in [9.17, 15) is 9.59 Å². The third kappa shape index (κ3) is 3.28. The van der Waals surface area contributed by atoms with Gasteiger partial charge in [-0.3, -0.25) is 9.59 Å². The minimum atomic E-state index is -0.0537. The average Bonchev–Trinajstić information content (AvgIpc) is 3.44. The van der Waals surface area contributed by atoms with Crippen molar-refractivity contribution in [2.75, 3.05) is 26.2 Å². The molecule has 8 heteroatoms. The quantitative estimate of drug-likeness (QED) is 0.724. The molecule has 5 rings (SSSR count). The van der Waals surface area contributed by atoms with Crippen LogP contribution in [0, 0.1) is 5.41 Å². The lowest BCUT2D eigenvalue weighted by molar-refractivity contribution is 0.0278. The van der Waals surface area contributed by atoms with Crippen LogP contribution >= 0.6 is 0 Å². The van der Waals surface area contributed by atoms with Gasteiger partial charge in [0.1, 0.15) is 0 Å². The van der Waals surface area contributed by atoms with Crippen molar-refractivity contribution in [3.8, 4) is 0 Å². The molecule has 0 saturated carbocycles. The van der Waals surface area contributed by atoms with Crippen LogP contribution in [-0.2, 0) is 0 Å². The lowest BCUT2D eigenvalue weighted by Crippen LogP contribution is -2.49. The van der Waals surface area contributed by atoms with Crippen molar-refractivity contribution in [2.45, 2.75) is 25.7 Å². The molecule has 2 aliphatic rings. The fourth-order valence-corrected chi connectivity index (χ4v) is 4.69. The van der Waals surface area contributed by atoms with Crippen LogP contribution in [0.4, 0.5) is 0 Å². The molecule has 3 aromatic heterocycles. The summed E-state index contributed by atoms with van der Waals surface area (Å²) in [6, 6.07) is 7.91. The molecule has 150 valence electrons. The third-order valence-corrected chi connectivity index (χ3v) is 6.61. The summed E-state index contributed by atoms with van der Waals surface area (Å²) in [5, 5.41) is 10.1. The fraction of sp³-hybridized carbons (Fsp3) is 0.429. The van der Waals surface area contributed by atoms with E-state index >= 15 is 0 Å². The minimum Gasteiger partial charge on any atom is -0.339 e. The van der Waals surface area contributed by atoms with E-state index in [4.69, 9.17) is 0 Å². The molecule has 0 aromatic carbocycles. The van der Waals surface area contributed by atoms with Gasteiger partial charge in [0.2, 0.25) is 0 Å². The van der Waals surface area contributed by atoms with Gasteiger partial charge in [0.05, 0.1) is 11.8 Å². The lowest BCUT2D eigenvalue weighted by atomic mass is 9.71. The van der Waals surface area contributed by atoms with Crippen molar-refractivity contribution in [2.24, 2.45) is 5.41 Å². The van der Waals surface area contributed by atoms with Crippen molar-refractivity contribution in [1.29, 1.82) is 0 Å². The van der Waals surface area contributed by atoms with Crippen LogP contribution in [0.5, 0.6) is 0 Å². The Morgan fingerprint density at radius 2 is 1.66 bits per heavy atom. The Hall–Kier alpha value is -3.16. The summed E-state index contributed by atoms with van der Waals surface area (Å²) in [5.74, 6) is 0.0594. The van der Waals surface area contributed by atoms with Gasteiger partial charge < -0.3 is 14.2 Å². The summed E-state index contributed by atoms with van der Waals surface area (Å²) in [6.45, 7) is 3.04. The first-order chi connectivity index (χ1) is 14.1. The predicted octanol–water partition coefficient (Wildman–Crippen LogP) is 2.22. The number of nitrogens with one attached hydrogen (secondary N) is 1. The number of rotatable bonds is 2. The number of aromatic amines is 1. The molecule has 5 heterocycles. The first-order valence-corrected chi connectivity index (χ1v) is 10.1. The van der Waals surface area contributed by atoms with E-state index in [-0.39, 0.29) is 17.2 Å². The number of amides is 2. The van der Waals surface area contributed by atoms with Crippen LogP contribution in [0.25, 0.3) is 5.52 Å². The smallest absolute Gasteiger partial charge is 0.276 e. The minimum absolute atomic E-state index is 0.0537. The number of piperidine rings is 2. The molecule has 0 unspecified atom stereocenters. The van der Waals surface area contributed by atoms with Crippen molar-refractivity contribution in [1.82, 2.24) is 29.6 Å². The number of hydrogen-bond donors (Lipinski definition) is 1. The highest BCUT2D eigenvalue weighted by Gasteiger charge is 2.40. The second-order valence-electron chi connectivity index (χ2n) is 8.20. The van der Waals surface area contributed by atoms with Gasteiger partial charge in [0.15, 0.2) is 5.69 Å². The van der Waals surface area contributed by atoms with E-state index in [1.54, 1.807) is 0 Å². The van der Waals surface area contributed by atoms with Gasteiger partial charge in [0.25, 0.3) is 11.8 Å². The zero-order chi connectivity index (χ0) is 19.8. The zero-order valence-corrected chi connectivity index (χ0v) is 16.3. The van der Waals surface area contributed by atoms with Gasteiger partial charge in [-0.2, -0.15) is 15.4 Å². The highest BCUT2D eigenvalue weighted by molar-refractivity contribution is 5.95. The molecule has 1 N–H and O–H groups in total. The SMILES string of the molecule is O=C(c1cc2ccccn2c1)N1CCC2(CC1)CCN(C(=O)c1cn[nH]n1)CC2. The molecular formula is C21H24N6O2. The summed E-state index contributed by atoms with van der Waals surface area (Å²) >= 11 is 0. The van der Waals surface area contributed by atoms with Gasteiger partial charge in [-0.15, -0.1) is 0 Å². The molecule has 2 fully saturated rings. The monoisotopic (exact) mass is 392 g/mol. The Morgan fingerprint density at radius 1 is 0.966 bits per heavy atom. The maximum atomic E-state index is 13.0. The summed E-state index contributed by atoms with van der Waals surface area (Å²) in [6.07, 6.45) is 9.31. The van der Waals surface area contributed by atoms with E-state index in [0.717, 1.165) is 62.9 Å². The normalized spacial score (nSPS) is 19.0. The number of likely N-dealkylation sites (tertiary alicyclic amines) is 2. The fourth-order valence-electron chi connectivity index (χ4n) is 4.69. The number of carbonyl (C=O) groups excluding carboxylic acids is 2. The van der Waals surface area contributed by atoms with E-state index in [0.29, 0.717) is 5.69 Å². The molecular weight excluding hydrogens is 368 g/mol. The lowest BCUT2D eigenvalue weighted by Gasteiger charge is -2.46. The van der Waals surface area contributed by atoms with E-state index < -0.39 is 0 Å². The Bertz CT molecular complexity index is 990. The molecule has 0 aliphatic carbocycles. The molecule has 0 radical (unpaired) electrons. The summed E-state index contributed by atoms with van der Waals surface area (Å²) in [4.78, 5) is 29.3. The largest absolute Gasteiger partial charge is 0.339 e. The van der Waals surface area contributed by atoms with Crippen LogP contribution in [0.15, 0.2) is 42.9 Å². The zero-order valence-electron chi connectivity index (χ0n) is 16.3. The van der Waals surface area contributed by atoms with Crippen LogP contribution in [0.1, 0.15) is 46.5 Å². The van der Waals surface area contributed by atoms with E-state index in [1.165, 1.54) is 6.20 Å². The van der Waals surface area contributed by atoms with Gasteiger partial charge in [-0.1, -0.05) is 6.07 Å². The molecule has 8 nitrogen and oxygen atoms in total. The number of H-pyrrole nitrogens is 1. The second-order valence-corrected chi connectivity index (χ2v) is 8.20. The third-order valence-electron chi connectivity index (χ3n) is 6.61. The number of hydrogen-bond acceptors (Lipinski definition) is 4. The maximum absolute atomic E-state index is 13.0. The molecule has 0 atom stereocenters. The second kappa shape index (κ2) is 7.02. The Kier molecular flexibility index (Phi) is 4.34. The summed E-state index contributed by atoms with van der Waals surface area (Å²) in [5.41, 5.74) is 2.40. The van der Waals surface area contributed by atoms with Crippen LogP contribution in [0.2, 0.25) is 0 Å². The average molecular weight is 392 g/mol. The summed E-state index contributed by atoms with van der Waals surface area (Å²) < 4.78 is 1.99. The molecule has 2 amide bonds. The van der Waals surface area contributed by atoms with Crippen LogP contribution in [-0.4, -0.2) is 67.6 Å². The molecule has 0 bridgehead atoms. The maximum Gasteiger partial charge on any atom is 0.276 e. The summed E-state index contributed by atoms with van der Waals surface area (Å²) in [7, 11) is 0. The van der Waals surface area contributed by atoms with Gasteiger partial charge in [-0.25, -0.2) is 0 Å². The van der Waals surface area contributed by atoms with Crippen molar-refractivity contribution in [3.05, 3.63) is 54.1 Å². The Labute approximate surface area is 168 Å². The van der Waals surface area contributed by atoms with E-state index in [1.807, 2.05) is 50.9 Å². The van der Waals surface area contributed by atoms with Gasteiger partial charge in [-0.05, 0) is 49.3 Å². The van der Waals surface area contributed by atoms with Gasteiger partial charge >= 0.3 is 0 Å². The Morgan fingerprint density at radius 3 is 2.28 bits per heavy atom. The molecule has 2 aliphatic heterocycles. The number of pyridine rings is 1. The highest BCUT2D eigenvalue weighted by Crippen LogP contribution is 2.41. The van der Waals surface area contributed by atoms with Crippen LogP contribution in [0.3, 0.4) is 0 Å². The van der Waals surface area contributed by atoms with Gasteiger partial charge in [0, 0.05) is 44.1 Å². The predicted molar refractivity (Wildman–Crippen MR) is 106 cm³/mol. The van der Waals surface area contributed by atoms with E-state index in [2.05, 4.69) is 15.4 Å². The van der Waals surface area contributed by atoms with Crippen molar-refractivity contribution >= 4 is 17.3 Å². The first-order valence-electron chi connectivity index (χ1n) is 10.1. The highest BCUT2D eigenvalue weighted by atomic mass is 16.2. The number of aromatic nitrogens is 4. The molecule has 29 heavy (non-hydrogen) atoms. The topological polar surface area (TPSA) is 86.6 Å². The number of carbonyl (C=O) groups is 2. The molecule has 2 saturated heterocycles. The van der Waals surface area contributed by atoms with Crippen molar-refractivity contribution in [3.63, 3.8) is 0 Å². The molecule has 1 spiro atoms. The molecule has 3 aromatic rings. The number of fused-ring (bicyclic) bond motifs is 1. The number of nitrogens with zero attached hydrogens (tertiary/aromatic N) is 5. The first kappa shape index (κ1) is 17.9. The van der Waals surface area contributed by atoms with Crippen LogP contribution < -0.4 is 0 Å². The standard InChI is InChI=1S/C21H24N6O2/c28-19(16-13-17-3-1-2-8-27(17)15-16)25-9-4-21(5-10-25)6-11-26(12-7-21)20(29)18-14-22-24-23-18/h1-3,8,13-15H,4-7,9-12H2,(H,22,23,24).